The summed E-state index contributed by atoms with van der Waals surface area (Å²) >= 11 is 1.61. The summed E-state index contributed by atoms with van der Waals surface area (Å²) in [6, 6.07) is 23.8. The molecule has 0 amide bonds. The lowest BCUT2D eigenvalue weighted by atomic mass is 10.1. The van der Waals surface area contributed by atoms with Crippen LogP contribution in [0.3, 0.4) is 0 Å². The topological polar surface area (TPSA) is 78.4 Å². The lowest BCUT2D eigenvalue weighted by molar-refractivity contribution is 0.211. The highest BCUT2D eigenvalue weighted by Gasteiger charge is 2.29. The summed E-state index contributed by atoms with van der Waals surface area (Å²) < 4.78 is 18.5. The summed E-state index contributed by atoms with van der Waals surface area (Å²) in [5, 5.41) is 13.1. The molecule has 8 heteroatoms. The van der Waals surface area contributed by atoms with Gasteiger partial charge in [0.25, 0.3) is 0 Å². The minimum absolute atomic E-state index is 0.399. The highest BCUT2D eigenvalue weighted by Crippen LogP contribution is 2.43. The molecule has 5 rings (SSSR count). The lowest BCUT2D eigenvalue weighted by Gasteiger charge is -2.23. The molecular formula is C30H32N4O3S. The largest absolute Gasteiger partial charge is 0.493 e. The molecule has 7 nitrogen and oxygen atoms in total. The van der Waals surface area contributed by atoms with Crippen LogP contribution in [0.5, 0.6) is 17.4 Å². The summed E-state index contributed by atoms with van der Waals surface area (Å²) in [4.78, 5) is 4.79. The molecule has 0 radical (unpaired) electrons. The maximum Gasteiger partial charge on any atom is 0.247 e. The van der Waals surface area contributed by atoms with Crippen molar-refractivity contribution in [2.75, 3.05) is 18.2 Å². The Morgan fingerprint density at radius 1 is 0.921 bits per heavy atom. The van der Waals surface area contributed by atoms with E-state index in [9.17, 15) is 0 Å². The van der Waals surface area contributed by atoms with Gasteiger partial charge in [0.05, 0.1) is 12.7 Å². The van der Waals surface area contributed by atoms with E-state index in [1.54, 1.807) is 18.9 Å². The predicted octanol–water partition coefficient (Wildman–Crippen LogP) is 7.30. The van der Waals surface area contributed by atoms with E-state index in [1.165, 1.54) is 19.3 Å². The molecule has 1 atom stereocenters. The second-order valence-corrected chi connectivity index (χ2v) is 10.1. The molecule has 0 bridgehead atoms. The van der Waals surface area contributed by atoms with Gasteiger partial charge in [-0.15, -0.1) is 10.2 Å². The van der Waals surface area contributed by atoms with Gasteiger partial charge in [0.1, 0.15) is 6.61 Å². The zero-order valence-corrected chi connectivity index (χ0v) is 22.5. The summed E-state index contributed by atoms with van der Waals surface area (Å²) in [6.45, 7) is 2.61. The Bertz CT molecular complexity index is 1350. The summed E-state index contributed by atoms with van der Waals surface area (Å²) in [5.41, 5.74) is 4.24. The Kier molecular flexibility index (Phi) is 8.60. The average Bonchev–Trinajstić information content (AvgIpc) is 3.13. The number of nitrogens with zero attached hydrogens (tertiary/aromatic N) is 3. The lowest BCUT2D eigenvalue weighted by Crippen LogP contribution is -2.18. The van der Waals surface area contributed by atoms with Gasteiger partial charge in [-0.05, 0) is 30.2 Å². The molecule has 0 aliphatic carbocycles. The van der Waals surface area contributed by atoms with Crippen LogP contribution in [-0.4, -0.2) is 28.0 Å². The fourth-order valence-electron chi connectivity index (χ4n) is 4.33. The molecule has 38 heavy (non-hydrogen) atoms. The standard InChI is InChI=1S/C30H32N4O3S/c1-3-4-5-11-19-38-30-32-29-26(33-34-30)22-15-9-10-17-24(22)31-28(37-29)23-16-12-18-25(35-2)27(23)36-20-21-13-7-6-8-14-21/h6-10,12-18,28,31H,3-5,11,19-20H2,1-2H3/t28-/m0/s1. The molecule has 1 aromatic heterocycles. The zero-order valence-electron chi connectivity index (χ0n) is 21.7. The molecule has 2 heterocycles. The van der Waals surface area contributed by atoms with Gasteiger partial charge < -0.3 is 19.5 Å². The Labute approximate surface area is 228 Å². The molecule has 196 valence electrons. The number of hydrogen-bond acceptors (Lipinski definition) is 8. The zero-order chi connectivity index (χ0) is 26.2. The number of fused-ring (bicyclic) bond motifs is 3. The van der Waals surface area contributed by atoms with Gasteiger partial charge in [0.15, 0.2) is 17.2 Å². The fraction of sp³-hybridized carbons (Fsp3) is 0.300. The maximum atomic E-state index is 6.53. The van der Waals surface area contributed by atoms with Crippen LogP contribution >= 0.6 is 11.8 Å². The van der Waals surface area contributed by atoms with Crippen molar-refractivity contribution in [1.82, 2.24) is 15.2 Å². The predicted molar refractivity (Wildman–Crippen MR) is 151 cm³/mol. The van der Waals surface area contributed by atoms with E-state index in [0.29, 0.717) is 34.8 Å². The first-order valence-electron chi connectivity index (χ1n) is 13.0. The number of methoxy groups -OCH3 is 1. The highest BCUT2D eigenvalue weighted by molar-refractivity contribution is 7.99. The van der Waals surface area contributed by atoms with Gasteiger partial charge >= 0.3 is 0 Å². The third-order valence-corrected chi connectivity index (χ3v) is 7.22. The van der Waals surface area contributed by atoms with Crippen LogP contribution in [0.4, 0.5) is 5.69 Å². The Hall–Kier alpha value is -3.78. The summed E-state index contributed by atoms with van der Waals surface area (Å²) in [6.07, 6.45) is 4.20. The smallest absolute Gasteiger partial charge is 0.247 e. The summed E-state index contributed by atoms with van der Waals surface area (Å²) in [5.74, 6) is 2.64. The fourth-order valence-corrected chi connectivity index (χ4v) is 5.10. The van der Waals surface area contributed by atoms with Gasteiger partial charge in [-0.1, -0.05) is 92.5 Å². The molecule has 1 N–H and O–H groups in total. The van der Waals surface area contributed by atoms with Gasteiger partial charge in [0, 0.05) is 17.0 Å². The summed E-state index contributed by atoms with van der Waals surface area (Å²) in [7, 11) is 1.64. The van der Waals surface area contributed by atoms with Crippen molar-refractivity contribution in [2.45, 2.75) is 50.6 Å². The third kappa shape index (κ3) is 6.02. The van der Waals surface area contributed by atoms with Crippen LogP contribution in [0.15, 0.2) is 78.0 Å². The molecule has 0 spiro atoms. The first-order chi connectivity index (χ1) is 18.8. The minimum Gasteiger partial charge on any atom is -0.493 e. The van der Waals surface area contributed by atoms with E-state index >= 15 is 0 Å². The molecule has 1 aliphatic heterocycles. The molecule has 3 aromatic carbocycles. The minimum atomic E-state index is -0.586. The number of hydrogen-bond donors (Lipinski definition) is 1. The number of ether oxygens (including phenoxy) is 3. The number of nitrogens with one attached hydrogen (secondary N) is 1. The number of rotatable bonds is 11. The Balaban J connectivity index is 1.47. The van der Waals surface area contributed by atoms with Crippen molar-refractivity contribution >= 4 is 17.4 Å². The van der Waals surface area contributed by atoms with Gasteiger partial charge in [-0.2, -0.15) is 4.98 Å². The quantitative estimate of drug-likeness (QED) is 0.160. The Morgan fingerprint density at radius 3 is 2.61 bits per heavy atom. The third-order valence-electron chi connectivity index (χ3n) is 6.30. The molecular weight excluding hydrogens is 496 g/mol. The van der Waals surface area contributed by atoms with Crippen molar-refractivity contribution in [3.8, 4) is 28.6 Å². The maximum absolute atomic E-state index is 6.53. The second-order valence-electron chi connectivity index (χ2n) is 9.00. The number of thioether (sulfide) groups is 1. The van der Waals surface area contributed by atoms with Crippen LogP contribution in [0, 0.1) is 0 Å². The van der Waals surface area contributed by atoms with Gasteiger partial charge in [-0.3, -0.25) is 0 Å². The molecule has 0 saturated carbocycles. The van der Waals surface area contributed by atoms with E-state index in [1.807, 2.05) is 72.8 Å². The van der Waals surface area contributed by atoms with Crippen molar-refractivity contribution in [3.63, 3.8) is 0 Å². The van der Waals surface area contributed by atoms with Crippen LogP contribution in [0.2, 0.25) is 0 Å². The average molecular weight is 529 g/mol. The van der Waals surface area contributed by atoms with E-state index in [-0.39, 0.29) is 0 Å². The highest BCUT2D eigenvalue weighted by atomic mass is 32.2. The molecule has 4 aromatic rings. The Morgan fingerprint density at radius 2 is 1.76 bits per heavy atom. The van der Waals surface area contributed by atoms with Crippen LogP contribution in [0.25, 0.3) is 11.3 Å². The van der Waals surface area contributed by atoms with Crippen LogP contribution < -0.4 is 19.5 Å². The molecule has 0 saturated heterocycles. The van der Waals surface area contributed by atoms with Crippen LogP contribution in [-0.2, 0) is 6.61 Å². The number of unbranched alkanes of at least 4 members (excludes halogenated alkanes) is 3. The van der Waals surface area contributed by atoms with Crippen molar-refractivity contribution < 1.29 is 14.2 Å². The molecule has 0 fully saturated rings. The second kappa shape index (κ2) is 12.6. The van der Waals surface area contributed by atoms with Gasteiger partial charge in [0.2, 0.25) is 17.3 Å². The van der Waals surface area contributed by atoms with Gasteiger partial charge in [-0.25, -0.2) is 0 Å². The SMILES string of the molecule is CCCCCCSc1nnc2c(n1)O[C@@H](c1cccc(OC)c1OCc1ccccc1)Nc1ccccc1-2. The van der Waals surface area contributed by atoms with E-state index < -0.39 is 6.23 Å². The van der Waals surface area contributed by atoms with Crippen molar-refractivity contribution in [2.24, 2.45) is 0 Å². The number of aromatic nitrogens is 3. The van der Waals surface area contributed by atoms with E-state index in [4.69, 9.17) is 19.2 Å². The monoisotopic (exact) mass is 528 g/mol. The van der Waals surface area contributed by atoms with E-state index in [0.717, 1.165) is 34.6 Å². The number of anilines is 1. The van der Waals surface area contributed by atoms with Crippen LogP contribution in [0.1, 0.15) is 50.0 Å². The van der Waals surface area contributed by atoms with E-state index in [2.05, 4.69) is 22.4 Å². The number of benzene rings is 3. The first-order valence-corrected chi connectivity index (χ1v) is 14.0. The first kappa shape index (κ1) is 25.9. The normalized spacial score (nSPS) is 13.9. The molecule has 1 aliphatic rings. The van der Waals surface area contributed by atoms with Crippen molar-refractivity contribution in [1.29, 1.82) is 0 Å². The number of para-hydroxylation sites is 2. The molecule has 0 unspecified atom stereocenters. The van der Waals surface area contributed by atoms with Crippen molar-refractivity contribution in [3.05, 3.63) is 83.9 Å².